The lowest BCUT2D eigenvalue weighted by molar-refractivity contribution is -0.0591. The third kappa shape index (κ3) is 10.7. The van der Waals surface area contributed by atoms with Gasteiger partial charge in [-0.2, -0.15) is 0 Å². The normalized spacial score (nSPS) is 16.0. The van der Waals surface area contributed by atoms with Crippen molar-refractivity contribution in [1.82, 2.24) is 29.7 Å². The highest BCUT2D eigenvalue weighted by atomic mass is 35.5. The van der Waals surface area contributed by atoms with Crippen LogP contribution in [0.25, 0.3) is 22.2 Å². The lowest BCUT2D eigenvalue weighted by Crippen LogP contribution is -2.32. The molecule has 1 N–H and O–H groups in total. The Morgan fingerprint density at radius 1 is 0.803 bits per heavy atom. The van der Waals surface area contributed by atoms with Gasteiger partial charge in [-0.05, 0) is 96.4 Å². The van der Waals surface area contributed by atoms with Crippen LogP contribution < -0.4 is 14.8 Å². The molecule has 6 heterocycles. The lowest BCUT2D eigenvalue weighted by atomic mass is 10.1. The minimum absolute atomic E-state index is 0.155. The maximum atomic E-state index is 12.2. The zero-order chi connectivity index (χ0) is 42.3. The Morgan fingerprint density at radius 2 is 1.46 bits per heavy atom. The van der Waals surface area contributed by atoms with Crippen molar-refractivity contribution in [2.75, 3.05) is 39.9 Å². The van der Waals surface area contributed by atoms with E-state index < -0.39 is 0 Å². The number of benzene rings is 3. The molecule has 6 aromatic rings. The quantitative estimate of drug-likeness (QED) is 0.113. The molecule has 0 radical (unpaired) electrons. The van der Waals surface area contributed by atoms with Gasteiger partial charge in [0, 0.05) is 42.8 Å². The Hall–Kier alpha value is -4.98. The van der Waals surface area contributed by atoms with Crippen molar-refractivity contribution in [3.63, 3.8) is 0 Å². The second kappa shape index (κ2) is 19.8. The Labute approximate surface area is 373 Å². The molecule has 0 bridgehead atoms. The maximum Gasteiger partial charge on any atom is 0.337 e. The number of methoxy groups -OCH3 is 1. The second-order valence-electron chi connectivity index (χ2n) is 14.6. The second-order valence-corrected chi connectivity index (χ2v) is 16.3. The number of ether oxygens (including phenoxy) is 4. The number of rotatable bonds is 13. The molecule has 0 amide bonds. The van der Waals surface area contributed by atoms with Crippen molar-refractivity contribution in [2.24, 2.45) is 0 Å². The van der Waals surface area contributed by atoms with Crippen LogP contribution in [0, 0.1) is 0 Å². The summed E-state index contributed by atoms with van der Waals surface area (Å²) >= 11 is 24.2. The average Bonchev–Trinajstić information content (AvgIpc) is 4.03. The van der Waals surface area contributed by atoms with Crippen LogP contribution >= 0.6 is 46.4 Å². The molecule has 1 saturated heterocycles. The van der Waals surface area contributed by atoms with Gasteiger partial charge in [0.05, 0.1) is 75.7 Å². The van der Waals surface area contributed by atoms with Gasteiger partial charge in [0.1, 0.15) is 30.5 Å². The number of esters is 1. The van der Waals surface area contributed by atoms with Crippen molar-refractivity contribution < 1.29 is 23.7 Å². The van der Waals surface area contributed by atoms with Gasteiger partial charge in [-0.15, -0.1) is 0 Å². The Morgan fingerprint density at radius 3 is 2.03 bits per heavy atom. The summed E-state index contributed by atoms with van der Waals surface area (Å²) in [6, 6.07) is 27.7. The summed E-state index contributed by atoms with van der Waals surface area (Å²) in [7, 11) is 1.39. The highest BCUT2D eigenvalue weighted by Gasteiger charge is 2.25. The predicted molar refractivity (Wildman–Crippen MR) is 240 cm³/mol. The molecule has 61 heavy (non-hydrogen) atoms. The fourth-order valence-corrected chi connectivity index (χ4v) is 8.05. The number of carbonyl (C=O) groups is 1. The average molecular weight is 901 g/mol. The first-order valence-corrected chi connectivity index (χ1v) is 21.3. The number of pyridine rings is 2. The van der Waals surface area contributed by atoms with E-state index in [-0.39, 0.29) is 12.1 Å². The highest BCUT2D eigenvalue weighted by Crippen LogP contribution is 2.30. The summed E-state index contributed by atoms with van der Waals surface area (Å²) in [6.07, 6.45) is 5.53. The molecule has 1 fully saturated rings. The number of nitrogens with one attached hydrogen (secondary N) is 1. The van der Waals surface area contributed by atoms with Crippen LogP contribution in [0.2, 0.25) is 20.1 Å². The van der Waals surface area contributed by atoms with Crippen LogP contribution in [0.5, 0.6) is 11.5 Å². The van der Waals surface area contributed by atoms with E-state index in [9.17, 15) is 4.79 Å². The van der Waals surface area contributed by atoms with Crippen molar-refractivity contribution in [2.45, 2.75) is 38.8 Å². The van der Waals surface area contributed by atoms with Crippen LogP contribution in [0.1, 0.15) is 45.4 Å². The topological polar surface area (TPSA) is 113 Å². The van der Waals surface area contributed by atoms with Crippen molar-refractivity contribution in [1.29, 1.82) is 0 Å². The SMILES string of the molecule is COC(=O)c1ccc2nc(CN3CC=C(c4cccc(COc5ccc(Cl)cc5Cl)n4)C3)n(C[C@@H]3CCO3)c2c1.Clc1ccc(OCc2cccc(C3=CCNC3)n2)c(Cl)c1. The van der Waals surface area contributed by atoms with E-state index in [1.807, 2.05) is 48.5 Å². The Kier molecular flexibility index (Phi) is 13.9. The minimum Gasteiger partial charge on any atom is -0.486 e. The van der Waals surface area contributed by atoms with Gasteiger partial charge in [-0.1, -0.05) is 70.7 Å². The number of imidazole rings is 1. The van der Waals surface area contributed by atoms with Crippen LogP contribution in [-0.2, 0) is 35.8 Å². The van der Waals surface area contributed by atoms with Gasteiger partial charge in [0.25, 0.3) is 0 Å². The van der Waals surface area contributed by atoms with Crippen LogP contribution in [0.15, 0.2) is 103 Å². The van der Waals surface area contributed by atoms with Gasteiger partial charge in [0.15, 0.2) is 0 Å². The molecule has 9 rings (SSSR count). The van der Waals surface area contributed by atoms with E-state index in [0.717, 1.165) is 84.4 Å². The Bertz CT molecular complexity index is 2610. The number of hydrogen-bond acceptors (Lipinski definition) is 10. The number of carbonyl (C=O) groups excluding carboxylic acids is 1. The molecule has 314 valence electrons. The smallest absolute Gasteiger partial charge is 0.337 e. The molecule has 15 heteroatoms. The number of nitrogens with zero attached hydrogens (tertiary/aromatic N) is 5. The van der Waals surface area contributed by atoms with Gasteiger partial charge in [-0.3, -0.25) is 4.90 Å². The largest absolute Gasteiger partial charge is 0.486 e. The fourth-order valence-electron chi connectivity index (χ4n) is 7.12. The minimum atomic E-state index is -0.360. The number of hydrogen-bond donors (Lipinski definition) is 1. The van der Waals surface area contributed by atoms with Crippen molar-refractivity contribution in [3.05, 3.63) is 157 Å². The van der Waals surface area contributed by atoms with Gasteiger partial charge < -0.3 is 28.8 Å². The summed E-state index contributed by atoms with van der Waals surface area (Å²) in [5.41, 5.74) is 8.24. The molecular formula is C46H42Cl4N6O5. The summed E-state index contributed by atoms with van der Waals surface area (Å²) in [5, 5.41) is 5.39. The van der Waals surface area contributed by atoms with E-state index in [1.165, 1.54) is 12.7 Å². The summed E-state index contributed by atoms with van der Waals surface area (Å²) in [5.74, 6) is 1.76. The number of fused-ring (bicyclic) bond motifs is 1. The van der Waals surface area contributed by atoms with Gasteiger partial charge in [0.2, 0.25) is 0 Å². The number of aromatic nitrogens is 4. The molecule has 3 aromatic carbocycles. The third-order valence-corrected chi connectivity index (χ3v) is 11.5. The standard InChI is InChI=1S/C30H28Cl2N4O4.C16H14Cl2N2O/c1-38-30(37)19-5-7-26-27(13-19)36(16-23-10-12-39-23)29(34-26)17-35-11-9-20(15-35)25-4-2-3-22(33-25)18-40-28-8-6-21(31)14-24(28)32;17-12-4-5-16(14(18)8-12)21-10-13-2-1-3-15(20-13)11-6-7-19-9-11/h2-9,13-14,23H,10-12,15-18H2,1H3;1-6,8,19H,7,9-10H2/t23-;/m0./s1. The molecular weight excluding hydrogens is 858 g/mol. The molecule has 3 aliphatic rings. The van der Waals surface area contributed by atoms with E-state index >= 15 is 0 Å². The fraction of sp³-hybridized carbons (Fsp3) is 0.261. The van der Waals surface area contributed by atoms with Crippen LogP contribution in [-0.4, -0.2) is 76.4 Å². The molecule has 3 aliphatic heterocycles. The highest BCUT2D eigenvalue weighted by molar-refractivity contribution is 6.36. The van der Waals surface area contributed by atoms with Crippen molar-refractivity contribution in [3.8, 4) is 11.5 Å². The molecule has 11 nitrogen and oxygen atoms in total. The third-order valence-electron chi connectivity index (χ3n) is 10.4. The molecule has 0 saturated carbocycles. The lowest BCUT2D eigenvalue weighted by Gasteiger charge is -2.28. The molecule has 0 unspecified atom stereocenters. The zero-order valence-electron chi connectivity index (χ0n) is 33.3. The van der Waals surface area contributed by atoms with Crippen LogP contribution in [0.4, 0.5) is 0 Å². The van der Waals surface area contributed by atoms with Crippen molar-refractivity contribution >= 4 is 74.6 Å². The van der Waals surface area contributed by atoms with Crippen LogP contribution in [0.3, 0.4) is 0 Å². The molecule has 3 aromatic heterocycles. The van der Waals surface area contributed by atoms with E-state index in [4.69, 9.17) is 75.3 Å². The Balaban J connectivity index is 0.000000205. The first kappa shape index (κ1) is 42.7. The molecule has 0 spiro atoms. The maximum absolute atomic E-state index is 12.2. The molecule has 1 atom stereocenters. The monoisotopic (exact) mass is 898 g/mol. The predicted octanol–water partition coefficient (Wildman–Crippen LogP) is 9.75. The first-order chi connectivity index (χ1) is 29.7. The summed E-state index contributed by atoms with van der Waals surface area (Å²) in [4.78, 5) is 28.9. The van der Waals surface area contributed by atoms with Gasteiger partial charge >= 0.3 is 5.97 Å². The van der Waals surface area contributed by atoms with E-state index in [0.29, 0.717) is 63.5 Å². The van der Waals surface area contributed by atoms with E-state index in [1.54, 1.807) is 42.5 Å². The summed E-state index contributed by atoms with van der Waals surface area (Å²) in [6.45, 7) is 6.11. The van der Waals surface area contributed by atoms with E-state index in [2.05, 4.69) is 31.9 Å². The van der Waals surface area contributed by atoms with Gasteiger partial charge in [-0.25, -0.2) is 19.7 Å². The number of halogens is 4. The zero-order valence-corrected chi connectivity index (χ0v) is 36.3. The first-order valence-electron chi connectivity index (χ1n) is 19.8. The molecule has 0 aliphatic carbocycles. The summed E-state index contributed by atoms with van der Waals surface area (Å²) < 4.78 is 24.4.